The number of rotatable bonds is 8. The van der Waals surface area contributed by atoms with Crippen LogP contribution in [-0.2, 0) is 16.6 Å². The number of terminal acetylenes is 1. The van der Waals surface area contributed by atoms with Crippen LogP contribution >= 0.6 is 11.3 Å². The average Bonchev–Trinajstić information content (AvgIpc) is 3.15. The van der Waals surface area contributed by atoms with Crippen LogP contribution < -0.4 is 4.80 Å². The third-order valence-electron chi connectivity index (χ3n) is 4.97. The second-order valence-corrected chi connectivity index (χ2v) is 10.3. The minimum atomic E-state index is -3.92. The van der Waals surface area contributed by atoms with Gasteiger partial charge in [0.1, 0.15) is 0 Å². The van der Waals surface area contributed by atoms with E-state index >= 15 is 0 Å². The van der Waals surface area contributed by atoms with Crippen molar-refractivity contribution in [2.24, 2.45) is 4.99 Å². The molecule has 10 heteroatoms. The lowest BCUT2D eigenvalue weighted by molar-refractivity contribution is 0.0998. The first-order valence-corrected chi connectivity index (χ1v) is 12.5. The Morgan fingerprint density at radius 2 is 1.76 bits per heavy atom. The summed E-state index contributed by atoms with van der Waals surface area (Å²) in [4.78, 5) is 17.5. The minimum Gasteiger partial charge on any atom is -0.305 e. The molecule has 0 spiro atoms. The van der Waals surface area contributed by atoms with Gasteiger partial charge in [-0.05, 0) is 48.9 Å². The summed E-state index contributed by atoms with van der Waals surface area (Å²) in [6.07, 6.45) is 5.52. The Labute approximate surface area is 202 Å². The number of carbonyl (C=O) groups is 1. The van der Waals surface area contributed by atoms with Gasteiger partial charge in [0.15, 0.2) is 4.80 Å². The summed E-state index contributed by atoms with van der Waals surface area (Å²) in [5, 5.41) is 17.6. The van der Waals surface area contributed by atoms with Gasteiger partial charge < -0.3 is 4.57 Å². The number of nitriles is 2. The SMILES string of the molecule is C#CCn1c(=NC(=O)c2ccc(S(=O)(=O)N(CCC#N)CCC#N)cc2)sc2cc(C)ccc21. The third kappa shape index (κ3) is 5.41. The van der Waals surface area contributed by atoms with Gasteiger partial charge in [-0.2, -0.15) is 19.8 Å². The van der Waals surface area contributed by atoms with Crippen molar-refractivity contribution in [1.29, 1.82) is 10.5 Å². The first-order chi connectivity index (χ1) is 16.3. The number of hydrogen-bond donors (Lipinski definition) is 0. The fourth-order valence-electron chi connectivity index (χ4n) is 3.28. The molecule has 0 aliphatic rings. The molecule has 0 radical (unpaired) electrons. The van der Waals surface area contributed by atoms with Crippen molar-refractivity contribution < 1.29 is 13.2 Å². The van der Waals surface area contributed by atoms with Crippen molar-refractivity contribution >= 4 is 37.5 Å². The highest BCUT2D eigenvalue weighted by molar-refractivity contribution is 7.89. The van der Waals surface area contributed by atoms with Gasteiger partial charge in [-0.3, -0.25) is 4.79 Å². The summed E-state index contributed by atoms with van der Waals surface area (Å²) >= 11 is 1.35. The van der Waals surface area contributed by atoms with Gasteiger partial charge in [0.2, 0.25) is 10.0 Å². The molecule has 8 nitrogen and oxygen atoms in total. The van der Waals surface area contributed by atoms with Crippen LogP contribution in [0.1, 0.15) is 28.8 Å². The molecule has 1 heterocycles. The largest absolute Gasteiger partial charge is 0.305 e. The van der Waals surface area contributed by atoms with Gasteiger partial charge in [0.25, 0.3) is 5.91 Å². The summed E-state index contributed by atoms with van der Waals surface area (Å²) in [5.74, 6) is 2.06. The van der Waals surface area contributed by atoms with Crippen LogP contribution in [-0.4, -0.2) is 36.3 Å². The quantitative estimate of drug-likeness (QED) is 0.448. The summed E-state index contributed by atoms with van der Waals surface area (Å²) in [5.41, 5.74) is 2.19. The molecule has 34 heavy (non-hydrogen) atoms. The van der Waals surface area contributed by atoms with Crippen LogP contribution in [0.25, 0.3) is 10.2 Å². The van der Waals surface area contributed by atoms with Crippen LogP contribution in [0.5, 0.6) is 0 Å². The fraction of sp³-hybridized carbons (Fsp3) is 0.250. The zero-order valence-corrected chi connectivity index (χ0v) is 20.1. The van der Waals surface area contributed by atoms with Crippen LogP contribution in [0.4, 0.5) is 0 Å². The van der Waals surface area contributed by atoms with E-state index in [1.54, 1.807) is 4.57 Å². The number of aromatic nitrogens is 1. The Balaban J connectivity index is 1.93. The van der Waals surface area contributed by atoms with Crippen molar-refractivity contribution in [3.05, 3.63) is 58.4 Å². The molecule has 0 N–H and O–H groups in total. The number of thiazole rings is 1. The number of benzene rings is 2. The molecule has 0 aliphatic carbocycles. The number of fused-ring (bicyclic) bond motifs is 1. The summed E-state index contributed by atoms with van der Waals surface area (Å²) < 4.78 is 29.7. The number of nitrogens with zero attached hydrogens (tertiary/aromatic N) is 5. The average molecular weight is 492 g/mol. The van der Waals surface area contributed by atoms with Crippen LogP contribution in [0, 0.1) is 41.9 Å². The van der Waals surface area contributed by atoms with Crippen LogP contribution in [0.3, 0.4) is 0 Å². The van der Waals surface area contributed by atoms with E-state index in [1.165, 1.54) is 35.6 Å². The topological polar surface area (TPSA) is 119 Å². The van der Waals surface area contributed by atoms with Gasteiger partial charge in [0, 0.05) is 31.5 Å². The minimum absolute atomic E-state index is 0.00641. The first kappa shape index (κ1) is 24.9. The molecule has 0 unspecified atom stereocenters. The van der Waals surface area contributed by atoms with Crippen molar-refractivity contribution in [2.75, 3.05) is 13.1 Å². The molecule has 2 aromatic carbocycles. The lowest BCUT2D eigenvalue weighted by Gasteiger charge is -2.20. The number of sulfonamides is 1. The van der Waals surface area contributed by atoms with Gasteiger partial charge in [0.05, 0.1) is 33.8 Å². The number of carbonyl (C=O) groups excluding carboxylic acids is 1. The zero-order valence-electron chi connectivity index (χ0n) is 18.4. The highest BCUT2D eigenvalue weighted by Gasteiger charge is 2.24. The van der Waals surface area contributed by atoms with Crippen molar-refractivity contribution in [1.82, 2.24) is 8.87 Å². The van der Waals surface area contributed by atoms with Gasteiger partial charge in [-0.25, -0.2) is 8.42 Å². The molecule has 3 rings (SSSR count). The molecular formula is C24H21N5O3S2. The molecule has 3 aromatic rings. The number of hydrogen-bond acceptors (Lipinski definition) is 6. The lowest BCUT2D eigenvalue weighted by atomic mass is 10.2. The summed E-state index contributed by atoms with van der Waals surface area (Å²) in [6, 6.07) is 15.2. The maximum absolute atomic E-state index is 12.9. The molecule has 1 amide bonds. The predicted octanol–water partition coefficient (Wildman–Crippen LogP) is 3.20. The molecule has 0 saturated heterocycles. The lowest BCUT2D eigenvalue weighted by Crippen LogP contribution is -2.32. The second-order valence-electron chi connectivity index (χ2n) is 7.31. The van der Waals surface area contributed by atoms with E-state index in [9.17, 15) is 13.2 Å². The molecule has 0 saturated carbocycles. The predicted molar refractivity (Wildman–Crippen MR) is 129 cm³/mol. The molecule has 0 bridgehead atoms. The van der Waals surface area contributed by atoms with Crippen molar-refractivity contribution in [2.45, 2.75) is 31.2 Å². The van der Waals surface area contributed by atoms with Crippen molar-refractivity contribution in [3.63, 3.8) is 0 Å². The zero-order chi connectivity index (χ0) is 24.7. The number of amides is 1. The Morgan fingerprint density at radius 3 is 2.35 bits per heavy atom. The van der Waals surface area contributed by atoms with Crippen molar-refractivity contribution in [3.8, 4) is 24.5 Å². The van der Waals surface area contributed by atoms with E-state index in [2.05, 4.69) is 10.9 Å². The van der Waals surface area contributed by atoms with Gasteiger partial charge in [-0.1, -0.05) is 23.3 Å². The highest BCUT2D eigenvalue weighted by atomic mass is 32.2. The molecule has 0 fully saturated rings. The summed E-state index contributed by atoms with van der Waals surface area (Å²) in [6.45, 7) is 2.20. The standard InChI is InChI=1S/C24H21N5O3S2/c1-3-14-29-21-11-6-18(2)17-22(21)33-24(29)27-23(30)19-7-9-20(10-8-19)34(31,32)28(15-4-12-25)16-5-13-26/h1,6-11,17H,4-5,14-16H2,2H3. The molecule has 1 aromatic heterocycles. The molecule has 0 atom stereocenters. The second kappa shape index (κ2) is 10.9. The maximum atomic E-state index is 12.9. The van der Waals surface area contributed by atoms with Gasteiger partial charge >= 0.3 is 0 Å². The van der Waals surface area contributed by atoms with Crippen LogP contribution in [0.2, 0.25) is 0 Å². The summed E-state index contributed by atoms with van der Waals surface area (Å²) in [7, 11) is -3.92. The first-order valence-electron chi connectivity index (χ1n) is 10.3. The van der Waals surface area contributed by atoms with E-state index in [-0.39, 0.29) is 42.9 Å². The van der Waals surface area contributed by atoms with E-state index in [0.29, 0.717) is 4.80 Å². The number of aryl methyl sites for hydroxylation is 1. The smallest absolute Gasteiger partial charge is 0.279 e. The Morgan fingerprint density at radius 1 is 1.12 bits per heavy atom. The monoisotopic (exact) mass is 491 g/mol. The highest BCUT2D eigenvalue weighted by Crippen LogP contribution is 2.20. The molecule has 0 aliphatic heterocycles. The normalized spacial score (nSPS) is 11.8. The Hall–Kier alpha value is -3.75. The molecule has 172 valence electrons. The Kier molecular flexibility index (Phi) is 7.99. The van der Waals surface area contributed by atoms with E-state index in [4.69, 9.17) is 16.9 Å². The third-order valence-corrected chi connectivity index (χ3v) is 7.92. The van der Waals surface area contributed by atoms with Gasteiger partial charge in [-0.15, -0.1) is 6.42 Å². The molecular weight excluding hydrogens is 470 g/mol. The van der Waals surface area contributed by atoms with E-state index in [0.717, 1.165) is 20.1 Å². The maximum Gasteiger partial charge on any atom is 0.279 e. The Bertz CT molecular complexity index is 1490. The van der Waals surface area contributed by atoms with E-state index < -0.39 is 15.9 Å². The van der Waals surface area contributed by atoms with E-state index in [1.807, 2.05) is 37.3 Å². The van der Waals surface area contributed by atoms with Crippen LogP contribution in [0.15, 0.2) is 52.4 Å². The fourth-order valence-corrected chi connectivity index (χ4v) is 5.85.